The van der Waals surface area contributed by atoms with Gasteiger partial charge >= 0.3 is 0 Å². The Balaban J connectivity index is 1.70. The van der Waals surface area contributed by atoms with E-state index in [0.717, 1.165) is 40.9 Å². The molecule has 1 atom stereocenters. The van der Waals surface area contributed by atoms with E-state index in [-0.39, 0.29) is 11.8 Å². The van der Waals surface area contributed by atoms with Gasteiger partial charge < -0.3 is 14.8 Å². The predicted molar refractivity (Wildman–Crippen MR) is 127 cm³/mol. The van der Waals surface area contributed by atoms with Crippen molar-refractivity contribution < 1.29 is 14.3 Å². The van der Waals surface area contributed by atoms with E-state index < -0.39 is 0 Å². The lowest BCUT2D eigenvalue weighted by atomic mass is 9.81. The lowest BCUT2D eigenvalue weighted by Gasteiger charge is -2.26. The molecule has 2 N–H and O–H groups in total. The van der Waals surface area contributed by atoms with Gasteiger partial charge in [-0.3, -0.25) is 9.89 Å². The SMILES string of the molecule is C=CC(=O)Nc1ccccc1-c1n[nH]c2c1CCC(c1c(Cl)c(OC)cc(OC)c1Cl)C2. The molecule has 1 amide bonds. The summed E-state index contributed by atoms with van der Waals surface area (Å²) in [6.07, 6.45) is 3.55. The van der Waals surface area contributed by atoms with Crippen LogP contribution in [0.1, 0.15) is 29.2 Å². The highest BCUT2D eigenvalue weighted by atomic mass is 35.5. The summed E-state index contributed by atoms with van der Waals surface area (Å²) in [4.78, 5) is 11.9. The van der Waals surface area contributed by atoms with Crippen LogP contribution in [0.3, 0.4) is 0 Å². The monoisotopic (exact) mass is 471 g/mol. The second-order valence-electron chi connectivity index (χ2n) is 7.53. The first-order valence-corrected chi connectivity index (χ1v) is 10.9. The molecule has 166 valence electrons. The Kier molecular flexibility index (Phi) is 6.44. The van der Waals surface area contributed by atoms with Crippen LogP contribution in [0.4, 0.5) is 5.69 Å². The van der Waals surface area contributed by atoms with Crippen LogP contribution < -0.4 is 14.8 Å². The summed E-state index contributed by atoms with van der Waals surface area (Å²) in [6, 6.07) is 9.30. The fourth-order valence-corrected chi connectivity index (χ4v) is 5.03. The molecule has 1 aliphatic rings. The lowest BCUT2D eigenvalue weighted by Crippen LogP contribution is -2.14. The van der Waals surface area contributed by atoms with Gasteiger partial charge in [-0.1, -0.05) is 48.0 Å². The number of anilines is 1. The maximum atomic E-state index is 11.9. The molecule has 6 nitrogen and oxygen atoms in total. The number of amides is 1. The summed E-state index contributed by atoms with van der Waals surface area (Å²) >= 11 is 13.3. The molecule has 8 heteroatoms. The summed E-state index contributed by atoms with van der Waals surface area (Å²) < 4.78 is 10.9. The van der Waals surface area contributed by atoms with E-state index in [2.05, 4.69) is 22.1 Å². The lowest BCUT2D eigenvalue weighted by molar-refractivity contribution is -0.111. The molecular weight excluding hydrogens is 449 g/mol. The quantitative estimate of drug-likeness (QED) is 0.445. The summed E-state index contributed by atoms with van der Waals surface area (Å²) in [5, 5.41) is 11.6. The number of H-pyrrole nitrogens is 1. The zero-order chi connectivity index (χ0) is 22.8. The van der Waals surface area contributed by atoms with Gasteiger partial charge in [0, 0.05) is 28.5 Å². The molecular formula is C24H23Cl2N3O3. The number of aromatic amines is 1. The molecule has 0 saturated carbocycles. The van der Waals surface area contributed by atoms with Crippen LogP contribution in [0.15, 0.2) is 43.0 Å². The van der Waals surface area contributed by atoms with Crippen molar-refractivity contribution in [3.63, 3.8) is 0 Å². The highest BCUT2D eigenvalue weighted by Gasteiger charge is 2.30. The second-order valence-corrected chi connectivity index (χ2v) is 8.29. The summed E-state index contributed by atoms with van der Waals surface area (Å²) in [5.41, 5.74) is 5.36. The minimum atomic E-state index is -0.266. The molecule has 3 aromatic rings. The third-order valence-corrected chi connectivity index (χ3v) is 6.57. The maximum Gasteiger partial charge on any atom is 0.247 e. The van der Waals surface area contributed by atoms with Gasteiger partial charge in [0.05, 0.1) is 35.6 Å². The fourth-order valence-electron chi connectivity index (χ4n) is 4.22. The van der Waals surface area contributed by atoms with Crippen LogP contribution in [-0.2, 0) is 17.6 Å². The van der Waals surface area contributed by atoms with Crippen molar-refractivity contribution in [3.05, 3.63) is 69.9 Å². The number of ether oxygens (including phenoxy) is 2. The van der Waals surface area contributed by atoms with Gasteiger partial charge in [-0.05, 0) is 37.3 Å². The number of para-hydroxylation sites is 1. The van der Waals surface area contributed by atoms with E-state index >= 15 is 0 Å². The molecule has 1 unspecified atom stereocenters. The molecule has 0 aliphatic heterocycles. The van der Waals surface area contributed by atoms with Crippen molar-refractivity contribution in [2.75, 3.05) is 19.5 Å². The van der Waals surface area contributed by atoms with Crippen LogP contribution in [-0.4, -0.2) is 30.3 Å². The molecule has 0 fully saturated rings. The number of halogens is 2. The molecule has 1 aromatic heterocycles. The van der Waals surface area contributed by atoms with E-state index in [1.165, 1.54) is 6.08 Å². The number of nitrogens with zero attached hydrogens (tertiary/aromatic N) is 1. The molecule has 0 spiro atoms. The second kappa shape index (κ2) is 9.27. The Morgan fingerprint density at radius 3 is 2.56 bits per heavy atom. The topological polar surface area (TPSA) is 76.2 Å². The van der Waals surface area contributed by atoms with Crippen molar-refractivity contribution in [1.82, 2.24) is 10.2 Å². The average Bonchev–Trinajstić information content (AvgIpc) is 3.23. The number of hydrogen-bond donors (Lipinski definition) is 2. The van der Waals surface area contributed by atoms with Crippen molar-refractivity contribution in [2.24, 2.45) is 0 Å². The molecule has 2 aromatic carbocycles. The minimum absolute atomic E-state index is 0.0792. The standard InChI is InChI=1S/C24H23Cl2N3O3/c1-4-20(30)27-16-8-6-5-7-14(16)24-15-10-9-13(11-17(15)28-29-24)21-22(25)18(31-2)12-19(32-3)23(21)26/h4-8,12-13H,1,9-11H2,2-3H3,(H,27,30)(H,28,29). The number of aromatic nitrogens is 2. The summed E-state index contributed by atoms with van der Waals surface area (Å²) in [7, 11) is 3.14. The van der Waals surface area contributed by atoms with Crippen LogP contribution in [0, 0.1) is 0 Å². The first-order valence-electron chi connectivity index (χ1n) is 10.2. The van der Waals surface area contributed by atoms with E-state index in [4.69, 9.17) is 32.7 Å². The van der Waals surface area contributed by atoms with Gasteiger partial charge in [0.2, 0.25) is 5.91 Å². The van der Waals surface area contributed by atoms with Gasteiger partial charge in [0.15, 0.2) is 0 Å². The number of nitrogens with one attached hydrogen (secondary N) is 2. The molecule has 0 radical (unpaired) electrons. The van der Waals surface area contributed by atoms with E-state index in [1.807, 2.05) is 24.3 Å². The van der Waals surface area contributed by atoms with E-state index in [0.29, 0.717) is 33.7 Å². The minimum Gasteiger partial charge on any atom is -0.495 e. The third kappa shape index (κ3) is 3.96. The molecule has 0 saturated heterocycles. The van der Waals surface area contributed by atoms with E-state index in [9.17, 15) is 4.79 Å². The first-order chi connectivity index (χ1) is 15.5. The highest BCUT2D eigenvalue weighted by molar-refractivity contribution is 6.38. The van der Waals surface area contributed by atoms with Crippen LogP contribution in [0.25, 0.3) is 11.3 Å². The zero-order valence-electron chi connectivity index (χ0n) is 17.8. The summed E-state index contributed by atoms with van der Waals surface area (Å²) in [5.74, 6) is 0.880. The molecule has 4 rings (SSSR count). The molecule has 32 heavy (non-hydrogen) atoms. The van der Waals surface area contributed by atoms with Gasteiger partial charge in [0.1, 0.15) is 11.5 Å². The van der Waals surface area contributed by atoms with Crippen molar-refractivity contribution >= 4 is 34.8 Å². The predicted octanol–water partition coefficient (Wildman–Crippen LogP) is 5.80. The molecule has 1 heterocycles. The largest absolute Gasteiger partial charge is 0.495 e. The summed E-state index contributed by atoms with van der Waals surface area (Å²) in [6.45, 7) is 3.52. The number of fused-ring (bicyclic) bond motifs is 1. The van der Waals surface area contributed by atoms with E-state index in [1.54, 1.807) is 20.3 Å². The molecule has 0 bridgehead atoms. The Bertz CT molecular complexity index is 1160. The Hall–Kier alpha value is -2.96. The van der Waals surface area contributed by atoms with Crippen LogP contribution in [0.5, 0.6) is 11.5 Å². The third-order valence-electron chi connectivity index (χ3n) is 5.79. The smallest absolute Gasteiger partial charge is 0.247 e. The average molecular weight is 472 g/mol. The Morgan fingerprint density at radius 1 is 1.22 bits per heavy atom. The van der Waals surface area contributed by atoms with Gasteiger partial charge in [-0.15, -0.1) is 0 Å². The highest BCUT2D eigenvalue weighted by Crippen LogP contribution is 2.48. The number of benzene rings is 2. The van der Waals surface area contributed by atoms with Crippen LogP contribution in [0.2, 0.25) is 10.0 Å². The first kappa shape index (κ1) is 22.2. The van der Waals surface area contributed by atoms with Gasteiger partial charge in [0.25, 0.3) is 0 Å². The van der Waals surface area contributed by atoms with Gasteiger partial charge in [-0.25, -0.2) is 0 Å². The Labute approximate surface area is 196 Å². The number of hydrogen-bond acceptors (Lipinski definition) is 4. The van der Waals surface area contributed by atoms with Crippen molar-refractivity contribution in [1.29, 1.82) is 0 Å². The Morgan fingerprint density at radius 2 is 1.91 bits per heavy atom. The van der Waals surface area contributed by atoms with Crippen molar-refractivity contribution in [3.8, 4) is 22.8 Å². The molecule has 1 aliphatic carbocycles. The zero-order valence-corrected chi connectivity index (χ0v) is 19.3. The number of rotatable bonds is 6. The van der Waals surface area contributed by atoms with Crippen molar-refractivity contribution in [2.45, 2.75) is 25.2 Å². The number of methoxy groups -OCH3 is 2. The number of carbonyl (C=O) groups is 1. The normalized spacial score (nSPS) is 15.1. The number of carbonyl (C=O) groups excluding carboxylic acids is 1. The maximum absolute atomic E-state index is 11.9. The van der Waals surface area contributed by atoms with Crippen LogP contribution >= 0.6 is 23.2 Å². The van der Waals surface area contributed by atoms with Gasteiger partial charge in [-0.2, -0.15) is 5.10 Å². The fraction of sp³-hybridized carbons (Fsp3) is 0.250.